The fourth-order valence-corrected chi connectivity index (χ4v) is 2.52. The first-order valence-electron chi connectivity index (χ1n) is 7.05. The molecule has 0 aromatic heterocycles. The van der Waals surface area contributed by atoms with Crippen molar-refractivity contribution in [1.29, 1.82) is 0 Å². The van der Waals surface area contributed by atoms with E-state index in [-0.39, 0.29) is 18.2 Å². The van der Waals surface area contributed by atoms with Gasteiger partial charge < -0.3 is 10.0 Å². The van der Waals surface area contributed by atoms with Crippen LogP contribution < -0.4 is 0 Å². The Bertz CT molecular complexity index is 283. The zero-order valence-corrected chi connectivity index (χ0v) is 11.5. The van der Waals surface area contributed by atoms with Gasteiger partial charge in [-0.25, -0.2) is 0 Å². The Hall–Kier alpha value is -1.06. The molecule has 1 aliphatic heterocycles. The van der Waals surface area contributed by atoms with E-state index in [0.717, 1.165) is 38.8 Å². The lowest BCUT2D eigenvalue weighted by molar-refractivity contribution is -0.139. The van der Waals surface area contributed by atoms with Crippen LogP contribution in [0.5, 0.6) is 0 Å². The lowest BCUT2D eigenvalue weighted by atomic mass is 9.93. The molecule has 0 spiro atoms. The number of hydrogen-bond acceptors (Lipinski definition) is 2. The van der Waals surface area contributed by atoms with E-state index < -0.39 is 5.97 Å². The van der Waals surface area contributed by atoms with Gasteiger partial charge in [0.25, 0.3) is 0 Å². The molecule has 1 heterocycles. The second-order valence-corrected chi connectivity index (χ2v) is 5.43. The minimum absolute atomic E-state index is 0.0977. The number of nitrogens with zero attached hydrogens (tertiary/aromatic N) is 1. The summed E-state index contributed by atoms with van der Waals surface area (Å²) in [5, 5.41) is 8.73. The first-order valence-corrected chi connectivity index (χ1v) is 7.05. The van der Waals surface area contributed by atoms with Crippen molar-refractivity contribution < 1.29 is 14.7 Å². The Morgan fingerprint density at radius 1 is 1.28 bits per heavy atom. The Morgan fingerprint density at radius 2 is 1.89 bits per heavy atom. The van der Waals surface area contributed by atoms with Crippen molar-refractivity contribution in [3.63, 3.8) is 0 Å². The number of amides is 1. The number of carbonyl (C=O) groups is 2. The van der Waals surface area contributed by atoms with Crippen molar-refractivity contribution in [2.75, 3.05) is 13.1 Å². The second kappa shape index (κ2) is 7.39. The zero-order chi connectivity index (χ0) is 13.5. The van der Waals surface area contributed by atoms with Crippen LogP contribution in [0.15, 0.2) is 0 Å². The number of aliphatic carboxylic acids is 1. The lowest BCUT2D eigenvalue weighted by Gasteiger charge is -2.33. The summed E-state index contributed by atoms with van der Waals surface area (Å²) in [5.41, 5.74) is 0. The first kappa shape index (κ1) is 15.0. The molecular formula is C14H25NO3. The molecule has 1 saturated heterocycles. The van der Waals surface area contributed by atoms with Gasteiger partial charge in [0.15, 0.2) is 0 Å². The third kappa shape index (κ3) is 4.67. The highest BCUT2D eigenvalue weighted by Crippen LogP contribution is 2.22. The highest BCUT2D eigenvalue weighted by molar-refractivity contribution is 5.79. The third-order valence-corrected chi connectivity index (χ3v) is 3.79. The van der Waals surface area contributed by atoms with Gasteiger partial charge in [-0.3, -0.25) is 9.59 Å². The molecule has 1 atom stereocenters. The fourth-order valence-electron chi connectivity index (χ4n) is 2.52. The monoisotopic (exact) mass is 255 g/mol. The number of piperidine rings is 1. The molecule has 0 aromatic rings. The van der Waals surface area contributed by atoms with Gasteiger partial charge >= 0.3 is 5.97 Å². The lowest BCUT2D eigenvalue weighted by Crippen LogP contribution is -2.41. The van der Waals surface area contributed by atoms with Crippen molar-refractivity contribution in [3.05, 3.63) is 0 Å². The number of carbonyl (C=O) groups excluding carboxylic acids is 1. The van der Waals surface area contributed by atoms with Crippen LogP contribution in [0.3, 0.4) is 0 Å². The van der Waals surface area contributed by atoms with Crippen molar-refractivity contribution >= 4 is 11.9 Å². The summed E-state index contributed by atoms with van der Waals surface area (Å²) in [6.07, 6.45) is 4.46. The molecule has 4 heteroatoms. The summed E-state index contributed by atoms with van der Waals surface area (Å²) in [7, 11) is 0. The average molecular weight is 255 g/mol. The molecule has 1 rings (SSSR count). The number of hydrogen-bond donors (Lipinski definition) is 1. The van der Waals surface area contributed by atoms with E-state index in [4.69, 9.17) is 5.11 Å². The van der Waals surface area contributed by atoms with E-state index in [1.165, 1.54) is 0 Å². The van der Waals surface area contributed by atoms with E-state index >= 15 is 0 Å². The van der Waals surface area contributed by atoms with Crippen molar-refractivity contribution in [3.8, 4) is 0 Å². The van der Waals surface area contributed by atoms with E-state index in [1.54, 1.807) is 0 Å². The molecule has 0 bridgehead atoms. The molecular weight excluding hydrogens is 230 g/mol. The van der Waals surface area contributed by atoms with Crippen LogP contribution in [0, 0.1) is 11.8 Å². The molecule has 1 fully saturated rings. The summed E-state index contributed by atoms with van der Waals surface area (Å²) in [6, 6.07) is 0. The minimum atomic E-state index is -0.809. The van der Waals surface area contributed by atoms with Crippen molar-refractivity contribution in [1.82, 2.24) is 4.90 Å². The summed E-state index contributed by atoms with van der Waals surface area (Å²) in [4.78, 5) is 24.9. The SMILES string of the molecule is CCCC(CCC(=O)O)C(=O)N1CCC(C)CC1. The van der Waals surface area contributed by atoms with Gasteiger partial charge in [0, 0.05) is 25.4 Å². The summed E-state index contributed by atoms with van der Waals surface area (Å²) >= 11 is 0. The Balaban J connectivity index is 2.50. The fraction of sp³-hybridized carbons (Fsp3) is 0.857. The minimum Gasteiger partial charge on any atom is -0.481 e. The third-order valence-electron chi connectivity index (χ3n) is 3.79. The van der Waals surface area contributed by atoms with Crippen LogP contribution in [-0.4, -0.2) is 35.0 Å². The Morgan fingerprint density at radius 3 is 2.39 bits per heavy atom. The Labute approximate surface area is 109 Å². The number of rotatable bonds is 6. The van der Waals surface area contributed by atoms with Crippen LogP contribution in [0.2, 0.25) is 0 Å². The highest BCUT2D eigenvalue weighted by atomic mass is 16.4. The average Bonchev–Trinajstić information content (AvgIpc) is 2.34. The van der Waals surface area contributed by atoms with Crippen LogP contribution in [-0.2, 0) is 9.59 Å². The highest BCUT2D eigenvalue weighted by Gasteiger charge is 2.26. The molecule has 1 N–H and O–H groups in total. The van der Waals surface area contributed by atoms with Gasteiger partial charge in [-0.15, -0.1) is 0 Å². The molecule has 18 heavy (non-hydrogen) atoms. The normalized spacial score (nSPS) is 18.7. The summed E-state index contributed by atoms with van der Waals surface area (Å²) in [6.45, 7) is 5.94. The maximum atomic E-state index is 12.3. The molecule has 0 radical (unpaired) electrons. The standard InChI is InChI=1S/C14H25NO3/c1-3-4-12(5-6-13(16)17)14(18)15-9-7-11(2)8-10-15/h11-12H,3-10H2,1-2H3,(H,16,17). The molecule has 4 nitrogen and oxygen atoms in total. The molecule has 104 valence electrons. The zero-order valence-electron chi connectivity index (χ0n) is 11.5. The Kier molecular flexibility index (Phi) is 6.16. The summed E-state index contributed by atoms with van der Waals surface area (Å²) in [5.74, 6) is -0.0293. The van der Waals surface area contributed by atoms with Crippen LogP contribution >= 0.6 is 0 Å². The maximum absolute atomic E-state index is 12.3. The van der Waals surface area contributed by atoms with E-state index in [0.29, 0.717) is 12.3 Å². The number of carboxylic acids is 1. The van der Waals surface area contributed by atoms with Gasteiger partial charge in [-0.05, 0) is 31.6 Å². The smallest absolute Gasteiger partial charge is 0.303 e. The molecule has 1 amide bonds. The van der Waals surface area contributed by atoms with Crippen molar-refractivity contribution in [2.24, 2.45) is 11.8 Å². The molecule has 0 aromatic carbocycles. The van der Waals surface area contributed by atoms with Crippen molar-refractivity contribution in [2.45, 2.75) is 52.4 Å². The van der Waals surface area contributed by atoms with Gasteiger partial charge in [-0.2, -0.15) is 0 Å². The van der Waals surface area contributed by atoms with Gasteiger partial charge in [-0.1, -0.05) is 20.3 Å². The van der Waals surface area contributed by atoms with Gasteiger partial charge in [0.05, 0.1) is 0 Å². The predicted octanol–water partition coefficient (Wildman–Crippen LogP) is 2.53. The molecule has 1 unspecified atom stereocenters. The number of carboxylic acid groups (broad SMARTS) is 1. The maximum Gasteiger partial charge on any atom is 0.303 e. The van der Waals surface area contributed by atoms with Crippen LogP contribution in [0.25, 0.3) is 0 Å². The largest absolute Gasteiger partial charge is 0.481 e. The topological polar surface area (TPSA) is 57.6 Å². The number of likely N-dealkylation sites (tertiary alicyclic amines) is 1. The molecule has 1 aliphatic rings. The van der Waals surface area contributed by atoms with Crippen LogP contribution in [0.1, 0.15) is 52.4 Å². The van der Waals surface area contributed by atoms with E-state index in [9.17, 15) is 9.59 Å². The van der Waals surface area contributed by atoms with Crippen LogP contribution in [0.4, 0.5) is 0 Å². The van der Waals surface area contributed by atoms with E-state index in [1.807, 2.05) is 11.8 Å². The van der Waals surface area contributed by atoms with Gasteiger partial charge in [0.2, 0.25) is 5.91 Å². The first-order chi connectivity index (χ1) is 8.54. The molecule has 0 saturated carbocycles. The molecule has 0 aliphatic carbocycles. The predicted molar refractivity (Wildman–Crippen MR) is 70.2 cm³/mol. The van der Waals surface area contributed by atoms with Gasteiger partial charge in [0.1, 0.15) is 0 Å². The second-order valence-electron chi connectivity index (χ2n) is 5.43. The summed E-state index contributed by atoms with van der Waals surface area (Å²) < 4.78 is 0. The quantitative estimate of drug-likeness (QED) is 0.793. The van der Waals surface area contributed by atoms with E-state index in [2.05, 4.69) is 6.92 Å².